The van der Waals surface area contributed by atoms with Gasteiger partial charge in [0.25, 0.3) is 0 Å². The molecule has 0 heterocycles. The zero-order chi connectivity index (χ0) is 12.2. The van der Waals surface area contributed by atoms with Gasteiger partial charge in [0.05, 0.1) is 0 Å². The predicted octanol–water partition coefficient (Wildman–Crippen LogP) is 3.17. The lowest BCUT2D eigenvalue weighted by Crippen LogP contribution is -2.24. The molecule has 0 aliphatic carbocycles. The molecular weight excluding hydrogens is 294 g/mol. The minimum absolute atomic E-state index is 0.0194. The van der Waals surface area contributed by atoms with Gasteiger partial charge in [-0.15, -0.1) is 0 Å². The topological polar surface area (TPSA) is 21.3 Å². The van der Waals surface area contributed by atoms with E-state index in [1.807, 2.05) is 0 Å². The second-order valence-corrected chi connectivity index (χ2v) is 3.82. The van der Waals surface area contributed by atoms with Crippen LogP contribution < -0.4 is 5.48 Å². The van der Waals surface area contributed by atoms with Crippen LogP contribution in [-0.4, -0.2) is 12.8 Å². The lowest BCUT2D eigenvalue weighted by molar-refractivity contribution is -0.190. The van der Waals surface area contributed by atoms with Crippen LogP contribution in [0.15, 0.2) is 22.7 Å². The van der Waals surface area contributed by atoms with Crippen molar-refractivity contribution < 1.29 is 22.4 Å². The number of hydrogen-bond acceptors (Lipinski definition) is 2. The van der Waals surface area contributed by atoms with Gasteiger partial charge in [-0.25, -0.2) is 4.39 Å². The quantitative estimate of drug-likeness (QED) is 0.524. The monoisotopic (exact) mass is 301 g/mol. The summed E-state index contributed by atoms with van der Waals surface area (Å²) < 4.78 is 48.4. The lowest BCUT2D eigenvalue weighted by atomic mass is 10.2. The maximum atomic E-state index is 12.8. The number of alkyl halides is 3. The van der Waals surface area contributed by atoms with Crippen molar-refractivity contribution in [3.63, 3.8) is 0 Å². The molecule has 16 heavy (non-hydrogen) atoms. The molecule has 1 aromatic rings. The van der Waals surface area contributed by atoms with Crippen molar-refractivity contribution in [3.05, 3.63) is 34.1 Å². The largest absolute Gasteiger partial charge is 0.413 e. The molecule has 0 saturated heterocycles. The maximum absolute atomic E-state index is 12.8. The molecule has 0 aliphatic rings. The molecule has 0 bridgehead atoms. The van der Waals surface area contributed by atoms with Crippen molar-refractivity contribution in [2.75, 3.05) is 6.61 Å². The van der Waals surface area contributed by atoms with Crippen molar-refractivity contribution in [1.82, 2.24) is 5.48 Å². The normalized spacial score (nSPS) is 11.8. The number of hydroxylamine groups is 1. The van der Waals surface area contributed by atoms with Crippen LogP contribution in [0.25, 0.3) is 0 Å². The molecule has 7 heteroatoms. The zero-order valence-corrected chi connectivity index (χ0v) is 9.53. The third-order valence-electron chi connectivity index (χ3n) is 1.61. The molecule has 0 amide bonds. The smallest absolute Gasteiger partial charge is 0.292 e. The first-order valence-electron chi connectivity index (χ1n) is 4.24. The van der Waals surface area contributed by atoms with E-state index in [0.29, 0.717) is 10.0 Å². The molecule has 0 unspecified atom stereocenters. The summed E-state index contributed by atoms with van der Waals surface area (Å²) in [4.78, 5) is 4.18. The lowest BCUT2D eigenvalue weighted by Gasteiger charge is -2.09. The van der Waals surface area contributed by atoms with Gasteiger partial charge < -0.3 is 0 Å². The third kappa shape index (κ3) is 4.91. The molecule has 0 radical (unpaired) electrons. The van der Waals surface area contributed by atoms with E-state index in [0.717, 1.165) is 0 Å². The summed E-state index contributed by atoms with van der Waals surface area (Å²) in [7, 11) is 0. The minimum Gasteiger partial charge on any atom is -0.292 e. The first-order chi connectivity index (χ1) is 7.38. The van der Waals surface area contributed by atoms with Crippen molar-refractivity contribution in [3.8, 4) is 0 Å². The summed E-state index contributed by atoms with van der Waals surface area (Å²) in [5.41, 5.74) is 2.58. The minimum atomic E-state index is -4.38. The van der Waals surface area contributed by atoms with Gasteiger partial charge in [0, 0.05) is 11.0 Å². The summed E-state index contributed by atoms with van der Waals surface area (Å²) >= 11 is 3.14. The second-order valence-electron chi connectivity index (χ2n) is 2.96. The Labute approximate surface area is 97.7 Å². The summed E-state index contributed by atoms with van der Waals surface area (Å²) in [6.45, 7) is -1.41. The van der Waals surface area contributed by atoms with E-state index >= 15 is 0 Å². The van der Waals surface area contributed by atoms with Crippen LogP contribution in [0, 0.1) is 5.82 Å². The van der Waals surface area contributed by atoms with E-state index in [1.54, 1.807) is 0 Å². The number of hydrogen-bond donors (Lipinski definition) is 1. The maximum Gasteiger partial charge on any atom is 0.413 e. The average molecular weight is 302 g/mol. The third-order valence-corrected chi connectivity index (χ3v) is 2.38. The van der Waals surface area contributed by atoms with E-state index in [4.69, 9.17) is 0 Å². The number of rotatable bonds is 4. The molecule has 0 saturated carbocycles. The zero-order valence-electron chi connectivity index (χ0n) is 7.94. The molecule has 1 aromatic carbocycles. The molecule has 0 aliphatic heterocycles. The van der Waals surface area contributed by atoms with Crippen molar-refractivity contribution >= 4 is 15.9 Å². The van der Waals surface area contributed by atoms with Gasteiger partial charge in [-0.2, -0.15) is 18.7 Å². The van der Waals surface area contributed by atoms with Crippen LogP contribution in [-0.2, 0) is 11.4 Å². The van der Waals surface area contributed by atoms with Crippen LogP contribution in [0.4, 0.5) is 17.6 Å². The summed E-state index contributed by atoms with van der Waals surface area (Å²) in [6, 6.07) is 3.91. The van der Waals surface area contributed by atoms with Crippen molar-refractivity contribution in [2.45, 2.75) is 12.7 Å². The number of benzene rings is 1. The van der Waals surface area contributed by atoms with Gasteiger partial charge in [0.15, 0.2) is 6.61 Å². The van der Waals surface area contributed by atoms with Gasteiger partial charge >= 0.3 is 6.18 Å². The van der Waals surface area contributed by atoms with Gasteiger partial charge in [0.2, 0.25) is 0 Å². The van der Waals surface area contributed by atoms with Crippen LogP contribution in [0.5, 0.6) is 0 Å². The highest BCUT2D eigenvalue weighted by molar-refractivity contribution is 9.10. The van der Waals surface area contributed by atoms with Gasteiger partial charge in [-0.05, 0) is 23.8 Å². The summed E-state index contributed by atoms with van der Waals surface area (Å²) in [5, 5.41) is 0. The SMILES string of the molecule is Fc1ccc(Br)c(CNOCC(F)(F)F)c1. The van der Waals surface area contributed by atoms with E-state index < -0.39 is 18.6 Å². The fourth-order valence-corrected chi connectivity index (χ4v) is 1.33. The van der Waals surface area contributed by atoms with Gasteiger partial charge in [0.1, 0.15) is 5.82 Å². The molecule has 0 fully saturated rings. The van der Waals surface area contributed by atoms with Crippen LogP contribution >= 0.6 is 15.9 Å². The molecule has 2 nitrogen and oxygen atoms in total. The van der Waals surface area contributed by atoms with Crippen LogP contribution in [0.2, 0.25) is 0 Å². The standard InChI is InChI=1S/C9H8BrF4NO/c10-8-2-1-7(11)3-6(8)4-15-16-5-9(12,13)14/h1-3,15H,4-5H2. The van der Waals surface area contributed by atoms with Gasteiger partial charge in [-0.3, -0.25) is 4.84 Å². The van der Waals surface area contributed by atoms with Crippen LogP contribution in [0.3, 0.4) is 0 Å². The van der Waals surface area contributed by atoms with Crippen molar-refractivity contribution in [2.24, 2.45) is 0 Å². The molecule has 1 N–H and O–H groups in total. The number of nitrogens with one attached hydrogen (secondary N) is 1. The van der Waals surface area contributed by atoms with E-state index in [-0.39, 0.29) is 6.54 Å². The molecule has 0 spiro atoms. The molecule has 90 valence electrons. The Bertz CT molecular complexity index is 356. The van der Waals surface area contributed by atoms with Gasteiger partial charge in [-0.1, -0.05) is 15.9 Å². The van der Waals surface area contributed by atoms with Crippen molar-refractivity contribution in [1.29, 1.82) is 0 Å². The molecule has 0 aromatic heterocycles. The fourth-order valence-electron chi connectivity index (χ4n) is 0.940. The summed E-state index contributed by atoms with van der Waals surface area (Å²) in [6.07, 6.45) is -4.38. The fraction of sp³-hybridized carbons (Fsp3) is 0.333. The Hall–Kier alpha value is -0.660. The predicted molar refractivity (Wildman–Crippen MR) is 52.9 cm³/mol. The second kappa shape index (κ2) is 5.60. The van der Waals surface area contributed by atoms with E-state index in [1.165, 1.54) is 18.2 Å². The first kappa shape index (κ1) is 13.4. The van der Waals surface area contributed by atoms with E-state index in [2.05, 4.69) is 26.2 Å². The first-order valence-corrected chi connectivity index (χ1v) is 5.03. The Morgan fingerprint density at radius 3 is 2.62 bits per heavy atom. The Balaban J connectivity index is 2.40. The highest BCUT2D eigenvalue weighted by atomic mass is 79.9. The summed E-state index contributed by atoms with van der Waals surface area (Å²) in [5.74, 6) is -0.462. The highest BCUT2D eigenvalue weighted by Crippen LogP contribution is 2.18. The van der Waals surface area contributed by atoms with Crippen LogP contribution in [0.1, 0.15) is 5.56 Å². The molecule has 0 atom stereocenters. The Morgan fingerprint density at radius 2 is 2.00 bits per heavy atom. The Kier molecular flexibility index (Phi) is 4.69. The number of halogens is 5. The molecule has 1 rings (SSSR count). The highest BCUT2D eigenvalue weighted by Gasteiger charge is 2.27. The molecular formula is C9H8BrF4NO. The van der Waals surface area contributed by atoms with E-state index in [9.17, 15) is 17.6 Å². The average Bonchev–Trinajstić information content (AvgIpc) is 2.16. The Morgan fingerprint density at radius 1 is 1.31 bits per heavy atom.